The minimum atomic E-state index is -0.181. The third-order valence-corrected chi connectivity index (χ3v) is 3.19. The van der Waals surface area contributed by atoms with Crippen LogP contribution in [0.3, 0.4) is 0 Å². The van der Waals surface area contributed by atoms with Gasteiger partial charge in [0.05, 0.1) is 12.4 Å². The van der Waals surface area contributed by atoms with E-state index < -0.39 is 0 Å². The van der Waals surface area contributed by atoms with Crippen LogP contribution in [-0.4, -0.2) is 25.8 Å². The highest BCUT2D eigenvalue weighted by molar-refractivity contribution is 7.99. The summed E-state index contributed by atoms with van der Waals surface area (Å²) in [7, 11) is 0. The average Bonchev–Trinajstić information content (AvgIpc) is 2.39. The van der Waals surface area contributed by atoms with Crippen LogP contribution < -0.4 is 11.3 Å². The summed E-state index contributed by atoms with van der Waals surface area (Å²) >= 11 is 1.21. The van der Waals surface area contributed by atoms with Gasteiger partial charge in [-0.1, -0.05) is 13.3 Å². The summed E-state index contributed by atoms with van der Waals surface area (Å²) in [4.78, 5) is 26.7. The van der Waals surface area contributed by atoms with E-state index in [2.05, 4.69) is 19.9 Å². The number of nitrogen functional groups attached to an aromatic ring is 1. The first kappa shape index (κ1) is 14.2. The van der Waals surface area contributed by atoms with Crippen LogP contribution in [0.25, 0.3) is 0 Å². The Morgan fingerprint density at radius 1 is 1.45 bits per heavy atom. The molecule has 0 amide bonds. The van der Waals surface area contributed by atoms with Gasteiger partial charge >= 0.3 is 0 Å². The molecule has 2 aromatic rings. The summed E-state index contributed by atoms with van der Waals surface area (Å²) in [5.41, 5.74) is 6.19. The molecule has 0 aliphatic heterocycles. The summed E-state index contributed by atoms with van der Waals surface area (Å²) in [6.45, 7) is 2.03. The van der Waals surface area contributed by atoms with Crippen LogP contribution in [0.5, 0.6) is 0 Å². The monoisotopic (exact) mass is 290 g/mol. The highest BCUT2D eigenvalue weighted by Crippen LogP contribution is 2.20. The van der Waals surface area contributed by atoms with Crippen LogP contribution in [0.2, 0.25) is 0 Å². The Bertz CT molecular complexity index is 666. The molecule has 0 aliphatic rings. The van der Waals surface area contributed by atoms with Gasteiger partial charge in [0.15, 0.2) is 5.16 Å². The largest absolute Gasteiger partial charge is 0.382 e. The number of nitrogens with two attached hydrogens (primary N) is 1. The van der Waals surface area contributed by atoms with Gasteiger partial charge in [0.25, 0.3) is 5.56 Å². The van der Waals surface area contributed by atoms with E-state index in [4.69, 9.17) is 11.1 Å². The van der Waals surface area contributed by atoms with Crippen molar-refractivity contribution in [1.29, 1.82) is 5.41 Å². The zero-order valence-corrected chi connectivity index (χ0v) is 11.7. The maximum absolute atomic E-state index is 11.5. The van der Waals surface area contributed by atoms with Crippen molar-refractivity contribution in [3.05, 3.63) is 40.2 Å². The predicted octanol–water partition coefficient (Wildman–Crippen LogP) is 0.948. The number of H-pyrrole nitrogens is 1. The number of hydrogen-bond acceptors (Lipinski definition) is 6. The molecule has 0 aliphatic carbocycles. The van der Waals surface area contributed by atoms with Gasteiger partial charge in [-0.3, -0.25) is 10.2 Å². The molecular formula is C12H14N6OS. The Morgan fingerprint density at radius 3 is 2.85 bits per heavy atom. The van der Waals surface area contributed by atoms with Crippen molar-refractivity contribution in [2.45, 2.75) is 29.9 Å². The Kier molecular flexibility index (Phi) is 4.46. The van der Waals surface area contributed by atoms with E-state index in [1.165, 1.54) is 30.2 Å². The lowest BCUT2D eigenvalue weighted by Crippen LogP contribution is -2.13. The van der Waals surface area contributed by atoms with Crippen LogP contribution in [0.1, 0.15) is 24.7 Å². The van der Waals surface area contributed by atoms with E-state index in [1.807, 2.05) is 6.92 Å². The Labute approximate surface area is 119 Å². The molecule has 104 valence electrons. The minimum absolute atomic E-state index is 0.134. The highest BCUT2D eigenvalue weighted by atomic mass is 32.2. The van der Waals surface area contributed by atoms with E-state index in [0.717, 1.165) is 18.5 Å². The van der Waals surface area contributed by atoms with Crippen molar-refractivity contribution in [3.63, 3.8) is 0 Å². The number of aryl methyl sites for hydroxylation is 1. The van der Waals surface area contributed by atoms with Crippen LogP contribution in [0.4, 0.5) is 0 Å². The van der Waals surface area contributed by atoms with Crippen molar-refractivity contribution in [3.8, 4) is 0 Å². The lowest BCUT2D eigenvalue weighted by molar-refractivity contribution is 0.814. The van der Waals surface area contributed by atoms with E-state index in [9.17, 15) is 4.79 Å². The fourth-order valence-electron chi connectivity index (χ4n) is 1.52. The van der Waals surface area contributed by atoms with Gasteiger partial charge in [-0.25, -0.2) is 15.0 Å². The Hall–Kier alpha value is -2.22. The second kappa shape index (κ2) is 6.29. The molecule has 20 heavy (non-hydrogen) atoms. The zero-order valence-electron chi connectivity index (χ0n) is 10.9. The van der Waals surface area contributed by atoms with Crippen molar-refractivity contribution >= 4 is 17.6 Å². The number of nitrogens with zero attached hydrogens (tertiary/aromatic N) is 3. The van der Waals surface area contributed by atoms with Gasteiger partial charge in [-0.05, 0) is 18.2 Å². The van der Waals surface area contributed by atoms with Crippen molar-refractivity contribution in [1.82, 2.24) is 19.9 Å². The first-order valence-corrected chi connectivity index (χ1v) is 6.84. The maximum atomic E-state index is 11.5. The standard InChI is InChI=1S/C12H14N6OS/c1-2-3-7-4-9(19)18-12(17-7)20-10-6-15-8(5-16-10)11(13)14/h4-6H,2-3H2,1H3,(H3,13,14)(H,17,18,19). The van der Waals surface area contributed by atoms with Crippen molar-refractivity contribution in [2.75, 3.05) is 0 Å². The highest BCUT2D eigenvalue weighted by Gasteiger charge is 2.06. The normalized spacial score (nSPS) is 10.4. The van der Waals surface area contributed by atoms with Crippen molar-refractivity contribution < 1.29 is 0 Å². The number of rotatable bonds is 5. The maximum Gasteiger partial charge on any atom is 0.251 e. The van der Waals surface area contributed by atoms with Crippen LogP contribution in [-0.2, 0) is 6.42 Å². The topological polar surface area (TPSA) is 121 Å². The predicted molar refractivity (Wildman–Crippen MR) is 76.0 cm³/mol. The quantitative estimate of drug-likeness (QED) is 0.428. The van der Waals surface area contributed by atoms with Crippen LogP contribution >= 0.6 is 11.8 Å². The summed E-state index contributed by atoms with van der Waals surface area (Å²) in [5, 5.41) is 8.29. The molecule has 2 rings (SSSR count). The minimum Gasteiger partial charge on any atom is -0.382 e. The zero-order chi connectivity index (χ0) is 14.5. The lowest BCUT2D eigenvalue weighted by atomic mass is 10.2. The molecule has 0 radical (unpaired) electrons. The number of hydrogen-bond donors (Lipinski definition) is 3. The molecule has 4 N–H and O–H groups in total. The molecule has 0 saturated carbocycles. The average molecular weight is 290 g/mol. The summed E-state index contributed by atoms with van der Waals surface area (Å²) in [6.07, 6.45) is 4.59. The molecule has 0 spiro atoms. The lowest BCUT2D eigenvalue weighted by Gasteiger charge is -2.03. The number of nitrogens with one attached hydrogen (secondary N) is 2. The van der Waals surface area contributed by atoms with Gasteiger partial charge in [-0.15, -0.1) is 0 Å². The molecular weight excluding hydrogens is 276 g/mol. The molecule has 2 aromatic heterocycles. The van der Waals surface area contributed by atoms with Gasteiger partial charge in [0.1, 0.15) is 16.6 Å². The Balaban J connectivity index is 2.20. The Morgan fingerprint density at radius 2 is 2.25 bits per heavy atom. The SMILES string of the molecule is CCCc1cc(=O)[nH]c(Sc2cnc(C(=N)N)cn2)n1. The van der Waals surface area contributed by atoms with E-state index in [0.29, 0.717) is 15.9 Å². The van der Waals surface area contributed by atoms with E-state index in [1.54, 1.807) is 0 Å². The third kappa shape index (κ3) is 3.64. The van der Waals surface area contributed by atoms with Gasteiger partial charge in [0, 0.05) is 11.8 Å². The van der Waals surface area contributed by atoms with E-state index in [-0.39, 0.29) is 11.4 Å². The van der Waals surface area contributed by atoms with Gasteiger partial charge < -0.3 is 10.7 Å². The molecule has 0 bridgehead atoms. The number of aromatic amines is 1. The summed E-state index contributed by atoms with van der Waals surface area (Å²) in [5.74, 6) is -0.134. The molecule has 8 heteroatoms. The second-order valence-corrected chi connectivity index (χ2v) is 5.06. The van der Waals surface area contributed by atoms with Gasteiger partial charge in [0.2, 0.25) is 0 Å². The second-order valence-electron chi connectivity index (χ2n) is 4.05. The van der Waals surface area contributed by atoms with Crippen LogP contribution in [0, 0.1) is 5.41 Å². The molecule has 2 heterocycles. The first-order chi connectivity index (χ1) is 9.58. The molecule has 0 saturated heterocycles. The fraction of sp³-hybridized carbons (Fsp3) is 0.250. The third-order valence-electron chi connectivity index (χ3n) is 2.38. The van der Waals surface area contributed by atoms with Gasteiger partial charge in [-0.2, -0.15) is 0 Å². The molecule has 7 nitrogen and oxygen atoms in total. The molecule has 0 aromatic carbocycles. The summed E-state index contributed by atoms with van der Waals surface area (Å²) in [6, 6.07) is 1.50. The number of aromatic nitrogens is 4. The molecule has 0 fully saturated rings. The summed E-state index contributed by atoms with van der Waals surface area (Å²) < 4.78 is 0. The molecule has 0 atom stereocenters. The van der Waals surface area contributed by atoms with E-state index >= 15 is 0 Å². The number of amidine groups is 1. The smallest absolute Gasteiger partial charge is 0.251 e. The first-order valence-electron chi connectivity index (χ1n) is 6.03. The van der Waals surface area contributed by atoms with Crippen molar-refractivity contribution in [2.24, 2.45) is 5.73 Å². The molecule has 0 unspecified atom stereocenters. The van der Waals surface area contributed by atoms with Crippen LogP contribution in [0.15, 0.2) is 33.4 Å². The fourth-order valence-corrected chi connectivity index (χ4v) is 2.25.